The van der Waals surface area contributed by atoms with Crippen LogP contribution in [0.1, 0.15) is 5.56 Å². The van der Waals surface area contributed by atoms with Gasteiger partial charge in [0.15, 0.2) is 0 Å². The van der Waals surface area contributed by atoms with Crippen molar-refractivity contribution in [2.75, 3.05) is 37.7 Å². The fraction of sp³-hybridized carbons (Fsp3) is 0.600. The maximum atomic E-state index is 4.29. The molecule has 2 atom stereocenters. The fourth-order valence-electron chi connectivity index (χ4n) is 2.77. The molecule has 3 nitrogen and oxygen atoms in total. The van der Waals surface area contributed by atoms with Crippen LogP contribution >= 0.6 is 25.3 Å². The van der Waals surface area contributed by atoms with Gasteiger partial charge in [-0.25, -0.2) is 0 Å². The Labute approximate surface area is 133 Å². The first kappa shape index (κ1) is 16.2. The number of rotatable bonds is 8. The number of hydrogen-bond donors (Lipinski definition) is 4. The molecule has 1 aliphatic heterocycles. The quantitative estimate of drug-likeness (QED) is 0.545. The average Bonchev–Trinajstić information content (AvgIpc) is 2.85. The summed E-state index contributed by atoms with van der Waals surface area (Å²) in [4.78, 5) is 2.52. The maximum Gasteiger partial charge on any atom is 0.0362 e. The van der Waals surface area contributed by atoms with Crippen molar-refractivity contribution in [3.8, 4) is 0 Å². The van der Waals surface area contributed by atoms with Crippen molar-refractivity contribution < 1.29 is 0 Å². The van der Waals surface area contributed by atoms with E-state index in [-0.39, 0.29) is 0 Å². The summed E-state index contributed by atoms with van der Waals surface area (Å²) < 4.78 is 0. The lowest BCUT2D eigenvalue weighted by Crippen LogP contribution is -2.48. The fourth-order valence-corrected chi connectivity index (χ4v) is 3.03. The predicted molar refractivity (Wildman–Crippen MR) is 93.0 cm³/mol. The monoisotopic (exact) mass is 311 g/mol. The van der Waals surface area contributed by atoms with Gasteiger partial charge >= 0.3 is 0 Å². The maximum absolute atomic E-state index is 4.29. The van der Waals surface area contributed by atoms with Crippen LogP contribution in [0.5, 0.6) is 0 Å². The van der Waals surface area contributed by atoms with Crippen molar-refractivity contribution in [2.45, 2.75) is 18.6 Å². The minimum atomic E-state index is 0.505. The second-order valence-electron chi connectivity index (χ2n) is 5.25. The minimum Gasteiger partial charge on any atom is -0.310 e. The molecule has 1 aromatic rings. The van der Waals surface area contributed by atoms with E-state index in [1.54, 1.807) is 0 Å². The van der Waals surface area contributed by atoms with Gasteiger partial charge in [-0.2, -0.15) is 25.3 Å². The molecule has 0 spiro atoms. The summed E-state index contributed by atoms with van der Waals surface area (Å²) in [6.07, 6.45) is 0. The Morgan fingerprint density at radius 3 is 2.00 bits per heavy atom. The van der Waals surface area contributed by atoms with E-state index < -0.39 is 0 Å². The van der Waals surface area contributed by atoms with Crippen molar-refractivity contribution in [1.29, 1.82) is 0 Å². The van der Waals surface area contributed by atoms with Crippen LogP contribution in [0.4, 0.5) is 0 Å². The molecule has 0 radical (unpaired) electrons. The number of hydrogen-bond acceptors (Lipinski definition) is 5. The van der Waals surface area contributed by atoms with Crippen molar-refractivity contribution >= 4 is 25.3 Å². The topological polar surface area (TPSA) is 27.3 Å². The number of likely N-dealkylation sites (tertiary alicyclic amines) is 1. The summed E-state index contributed by atoms with van der Waals surface area (Å²) in [5.41, 5.74) is 1.38. The molecule has 112 valence electrons. The third-order valence-electron chi connectivity index (χ3n) is 3.68. The summed E-state index contributed by atoms with van der Waals surface area (Å²) in [6.45, 7) is 5.14. The zero-order valence-electron chi connectivity index (χ0n) is 11.8. The summed E-state index contributed by atoms with van der Waals surface area (Å²) in [7, 11) is 0. The van der Waals surface area contributed by atoms with Gasteiger partial charge < -0.3 is 10.6 Å². The van der Waals surface area contributed by atoms with E-state index in [0.29, 0.717) is 12.1 Å². The third kappa shape index (κ3) is 4.97. The van der Waals surface area contributed by atoms with E-state index in [1.807, 2.05) is 0 Å². The lowest BCUT2D eigenvalue weighted by atomic mass is 10.2. The highest BCUT2D eigenvalue weighted by molar-refractivity contribution is 7.80. The Morgan fingerprint density at radius 2 is 1.50 bits per heavy atom. The van der Waals surface area contributed by atoms with Gasteiger partial charge in [-0.15, -0.1) is 0 Å². The number of benzene rings is 1. The van der Waals surface area contributed by atoms with Crippen molar-refractivity contribution in [2.24, 2.45) is 0 Å². The molecular weight excluding hydrogens is 286 g/mol. The van der Waals surface area contributed by atoms with Crippen molar-refractivity contribution in [3.63, 3.8) is 0 Å². The minimum absolute atomic E-state index is 0.505. The second kappa shape index (κ2) is 8.95. The first-order chi connectivity index (χ1) is 9.83. The summed E-state index contributed by atoms with van der Waals surface area (Å²) in [5.74, 6) is 1.77. The molecule has 2 N–H and O–H groups in total. The molecule has 1 heterocycles. The standard InChI is InChI=1S/C15H25N3S2/c19-8-6-16-14-11-18(12-15(14)17-7-9-20)10-13-4-2-1-3-5-13/h1-5,14-17,19-20H,6-12H2/t14-,15+. The first-order valence-corrected chi connectivity index (χ1v) is 8.54. The Hall–Kier alpha value is -0.200. The molecule has 0 bridgehead atoms. The highest BCUT2D eigenvalue weighted by atomic mass is 32.1. The lowest BCUT2D eigenvalue weighted by molar-refractivity contribution is 0.317. The van der Waals surface area contributed by atoms with Crippen LogP contribution in [-0.4, -0.2) is 54.7 Å². The zero-order valence-corrected chi connectivity index (χ0v) is 13.6. The number of nitrogens with zero attached hydrogens (tertiary/aromatic N) is 1. The molecule has 0 amide bonds. The molecular formula is C15H25N3S2. The summed E-state index contributed by atoms with van der Waals surface area (Å²) >= 11 is 8.57. The van der Waals surface area contributed by atoms with Crippen LogP contribution in [-0.2, 0) is 6.54 Å². The van der Waals surface area contributed by atoms with Crippen LogP contribution in [0.2, 0.25) is 0 Å². The van der Waals surface area contributed by atoms with E-state index in [0.717, 1.165) is 44.2 Å². The number of nitrogens with one attached hydrogen (secondary N) is 2. The van der Waals surface area contributed by atoms with Gasteiger partial charge in [-0.05, 0) is 5.56 Å². The molecule has 1 aromatic carbocycles. The largest absolute Gasteiger partial charge is 0.310 e. The smallest absolute Gasteiger partial charge is 0.0362 e. The molecule has 1 aliphatic rings. The van der Waals surface area contributed by atoms with Crippen LogP contribution in [0.15, 0.2) is 30.3 Å². The average molecular weight is 312 g/mol. The molecule has 0 aromatic heterocycles. The zero-order chi connectivity index (χ0) is 14.2. The SMILES string of the molecule is SCCN[C@H]1CN(Cc2ccccc2)C[C@H]1NCCS. The van der Waals surface area contributed by atoms with Crippen LogP contribution in [0, 0.1) is 0 Å². The molecule has 0 aliphatic carbocycles. The van der Waals surface area contributed by atoms with Crippen LogP contribution < -0.4 is 10.6 Å². The highest BCUT2D eigenvalue weighted by Gasteiger charge is 2.31. The Kier molecular flexibility index (Phi) is 7.24. The number of thiol groups is 2. The van der Waals surface area contributed by atoms with Gasteiger partial charge in [0.1, 0.15) is 0 Å². The van der Waals surface area contributed by atoms with Crippen molar-refractivity contribution in [3.05, 3.63) is 35.9 Å². The highest BCUT2D eigenvalue weighted by Crippen LogP contribution is 2.14. The van der Waals surface area contributed by atoms with Gasteiger partial charge in [-0.3, -0.25) is 4.90 Å². The van der Waals surface area contributed by atoms with E-state index in [9.17, 15) is 0 Å². The van der Waals surface area contributed by atoms with E-state index >= 15 is 0 Å². The molecule has 1 fully saturated rings. The first-order valence-electron chi connectivity index (χ1n) is 7.28. The third-order valence-corrected chi connectivity index (χ3v) is 4.13. The Balaban J connectivity index is 1.88. The molecule has 2 rings (SSSR count). The lowest BCUT2D eigenvalue weighted by Gasteiger charge is -2.20. The molecule has 0 saturated carbocycles. The van der Waals surface area contributed by atoms with E-state index in [2.05, 4.69) is 71.1 Å². The van der Waals surface area contributed by atoms with Gasteiger partial charge in [0, 0.05) is 56.3 Å². The van der Waals surface area contributed by atoms with Crippen LogP contribution in [0.3, 0.4) is 0 Å². The van der Waals surface area contributed by atoms with Crippen molar-refractivity contribution in [1.82, 2.24) is 15.5 Å². The van der Waals surface area contributed by atoms with E-state index in [4.69, 9.17) is 0 Å². The predicted octanol–water partition coefficient (Wildman–Crippen LogP) is 1.28. The molecule has 1 saturated heterocycles. The molecule has 5 heteroatoms. The normalized spacial score (nSPS) is 23.3. The van der Waals surface area contributed by atoms with E-state index in [1.165, 1.54) is 5.56 Å². The molecule has 0 unspecified atom stereocenters. The van der Waals surface area contributed by atoms with Gasteiger partial charge in [-0.1, -0.05) is 30.3 Å². The summed E-state index contributed by atoms with van der Waals surface area (Å²) in [6, 6.07) is 11.7. The Morgan fingerprint density at radius 1 is 0.950 bits per heavy atom. The summed E-state index contributed by atoms with van der Waals surface area (Å²) in [5, 5.41) is 7.20. The molecule has 20 heavy (non-hydrogen) atoms. The van der Waals surface area contributed by atoms with Gasteiger partial charge in [0.05, 0.1) is 0 Å². The van der Waals surface area contributed by atoms with Gasteiger partial charge in [0.2, 0.25) is 0 Å². The van der Waals surface area contributed by atoms with Gasteiger partial charge in [0.25, 0.3) is 0 Å². The van der Waals surface area contributed by atoms with Crippen LogP contribution in [0.25, 0.3) is 0 Å². The second-order valence-corrected chi connectivity index (χ2v) is 6.14. The Bertz CT molecular complexity index is 359.